The predicted molar refractivity (Wildman–Crippen MR) is 103 cm³/mol. The number of hydrogen-bond acceptors (Lipinski definition) is 4. The van der Waals surface area contributed by atoms with Gasteiger partial charge in [0, 0.05) is 23.2 Å². The molecule has 0 bridgehead atoms. The van der Waals surface area contributed by atoms with E-state index in [4.69, 9.17) is 0 Å². The Morgan fingerprint density at radius 2 is 1.89 bits per heavy atom. The Hall–Kier alpha value is -3.28. The third-order valence-corrected chi connectivity index (χ3v) is 4.92. The smallest absolute Gasteiger partial charge is 0.254 e. The lowest BCUT2D eigenvalue weighted by Crippen LogP contribution is -2.23. The summed E-state index contributed by atoms with van der Waals surface area (Å²) in [4.78, 5) is 36.8. The molecule has 0 fully saturated rings. The largest absolute Gasteiger partial charge is 0.324 e. The second-order valence-corrected chi connectivity index (χ2v) is 6.71. The number of benzene rings is 1. The van der Waals surface area contributed by atoms with Crippen LogP contribution in [0.25, 0.3) is 11.4 Å². The molecule has 27 heavy (non-hydrogen) atoms. The summed E-state index contributed by atoms with van der Waals surface area (Å²) in [6, 6.07) is 13.2. The Bertz CT molecular complexity index is 1000. The molecule has 0 saturated carbocycles. The number of amides is 1. The lowest BCUT2D eigenvalue weighted by molar-refractivity contribution is -0.120. The number of H-pyrrole nitrogens is 1. The molecule has 136 valence electrons. The van der Waals surface area contributed by atoms with Crippen LogP contribution < -0.4 is 10.9 Å². The molecule has 0 aliphatic heterocycles. The summed E-state index contributed by atoms with van der Waals surface area (Å²) < 4.78 is 0. The van der Waals surface area contributed by atoms with E-state index in [1.807, 2.05) is 36.4 Å². The first-order valence-electron chi connectivity index (χ1n) is 9.09. The van der Waals surface area contributed by atoms with Crippen molar-refractivity contribution in [2.24, 2.45) is 5.92 Å². The molecule has 2 N–H and O–H groups in total. The zero-order valence-electron chi connectivity index (χ0n) is 14.8. The number of aromatic nitrogens is 3. The lowest BCUT2D eigenvalue weighted by Gasteiger charge is -2.13. The van der Waals surface area contributed by atoms with Crippen molar-refractivity contribution in [2.75, 3.05) is 5.32 Å². The van der Waals surface area contributed by atoms with Crippen molar-refractivity contribution in [3.05, 3.63) is 76.5 Å². The molecule has 4 rings (SSSR count). The summed E-state index contributed by atoms with van der Waals surface area (Å²) in [6.45, 7) is 0. The summed E-state index contributed by atoms with van der Waals surface area (Å²) in [5.41, 5.74) is 2.96. The van der Waals surface area contributed by atoms with E-state index in [0.717, 1.165) is 11.3 Å². The van der Waals surface area contributed by atoms with Gasteiger partial charge in [-0.05, 0) is 37.8 Å². The van der Waals surface area contributed by atoms with Crippen LogP contribution in [0.15, 0.2) is 59.7 Å². The Labute approximate surface area is 156 Å². The number of rotatable bonds is 3. The van der Waals surface area contributed by atoms with Gasteiger partial charge in [-0.25, -0.2) is 4.98 Å². The second kappa shape index (κ2) is 7.53. The molecule has 6 heteroatoms. The maximum Gasteiger partial charge on any atom is 0.254 e. The molecule has 1 aromatic carbocycles. The maximum absolute atomic E-state index is 12.6. The predicted octanol–water partition coefficient (Wildman–Crippen LogP) is 2.97. The highest BCUT2D eigenvalue weighted by Crippen LogP contribution is 2.24. The first kappa shape index (κ1) is 17.1. The van der Waals surface area contributed by atoms with Crippen LogP contribution in [0.3, 0.4) is 0 Å². The molecule has 1 aliphatic carbocycles. The van der Waals surface area contributed by atoms with Crippen molar-refractivity contribution in [3.63, 3.8) is 0 Å². The Kier molecular flexibility index (Phi) is 4.78. The highest BCUT2D eigenvalue weighted by atomic mass is 16.2. The van der Waals surface area contributed by atoms with Crippen molar-refractivity contribution in [2.45, 2.75) is 25.7 Å². The fourth-order valence-corrected chi connectivity index (χ4v) is 3.46. The summed E-state index contributed by atoms with van der Waals surface area (Å²) in [6.07, 6.45) is 5.77. The fourth-order valence-electron chi connectivity index (χ4n) is 3.46. The highest BCUT2D eigenvalue weighted by molar-refractivity contribution is 5.92. The van der Waals surface area contributed by atoms with Gasteiger partial charge in [-0.3, -0.25) is 14.6 Å². The zero-order valence-corrected chi connectivity index (χ0v) is 14.8. The van der Waals surface area contributed by atoms with Gasteiger partial charge in [0.1, 0.15) is 5.82 Å². The van der Waals surface area contributed by atoms with Crippen LogP contribution in [0.5, 0.6) is 0 Å². The van der Waals surface area contributed by atoms with Gasteiger partial charge < -0.3 is 10.3 Å². The van der Waals surface area contributed by atoms with Gasteiger partial charge in [0.05, 0.1) is 17.6 Å². The van der Waals surface area contributed by atoms with E-state index in [2.05, 4.69) is 20.3 Å². The number of carbonyl (C=O) groups excluding carboxylic acids is 1. The minimum absolute atomic E-state index is 0.0319. The molecule has 1 atom stereocenters. The second-order valence-electron chi connectivity index (χ2n) is 6.71. The average molecular weight is 360 g/mol. The first-order valence-corrected chi connectivity index (χ1v) is 9.09. The number of hydrogen-bond donors (Lipinski definition) is 2. The normalized spacial score (nSPS) is 16.2. The number of aryl methyl sites for hydroxylation is 1. The van der Waals surface area contributed by atoms with E-state index in [1.54, 1.807) is 18.5 Å². The van der Waals surface area contributed by atoms with Crippen molar-refractivity contribution in [3.8, 4) is 11.4 Å². The third kappa shape index (κ3) is 3.79. The van der Waals surface area contributed by atoms with Gasteiger partial charge in [0.15, 0.2) is 0 Å². The van der Waals surface area contributed by atoms with Crippen LogP contribution in [0.2, 0.25) is 0 Å². The number of nitrogens with one attached hydrogen (secondary N) is 2. The van der Waals surface area contributed by atoms with Crippen LogP contribution in [-0.2, 0) is 17.6 Å². The van der Waals surface area contributed by atoms with E-state index >= 15 is 0 Å². The van der Waals surface area contributed by atoms with Gasteiger partial charge in [-0.1, -0.05) is 30.3 Å². The van der Waals surface area contributed by atoms with Crippen molar-refractivity contribution in [1.29, 1.82) is 0 Å². The number of fused-ring (bicyclic) bond motifs is 1. The van der Waals surface area contributed by atoms with E-state index in [-0.39, 0.29) is 17.4 Å². The average Bonchev–Trinajstić information content (AvgIpc) is 2.92. The monoisotopic (exact) mass is 360 g/mol. The van der Waals surface area contributed by atoms with E-state index in [9.17, 15) is 9.59 Å². The van der Waals surface area contributed by atoms with Gasteiger partial charge in [-0.2, -0.15) is 0 Å². The van der Waals surface area contributed by atoms with Crippen LogP contribution in [0.4, 0.5) is 5.69 Å². The Morgan fingerprint density at radius 1 is 1.07 bits per heavy atom. The summed E-state index contributed by atoms with van der Waals surface area (Å²) in [7, 11) is 0. The number of pyridine rings is 1. The van der Waals surface area contributed by atoms with Crippen molar-refractivity contribution >= 4 is 11.6 Å². The minimum atomic E-state index is -0.154. The van der Waals surface area contributed by atoms with E-state index in [1.165, 1.54) is 0 Å². The Balaban J connectivity index is 1.53. The highest BCUT2D eigenvalue weighted by Gasteiger charge is 2.25. The number of anilines is 1. The van der Waals surface area contributed by atoms with Crippen LogP contribution >= 0.6 is 0 Å². The van der Waals surface area contributed by atoms with E-state index < -0.39 is 0 Å². The van der Waals surface area contributed by atoms with Crippen molar-refractivity contribution in [1.82, 2.24) is 15.0 Å². The Morgan fingerprint density at radius 3 is 2.67 bits per heavy atom. The van der Waals surface area contributed by atoms with Crippen LogP contribution in [-0.4, -0.2) is 20.9 Å². The summed E-state index contributed by atoms with van der Waals surface area (Å²) in [5, 5.41) is 2.91. The molecule has 1 amide bonds. The zero-order chi connectivity index (χ0) is 18.6. The molecule has 3 aromatic rings. The molecule has 2 heterocycles. The summed E-state index contributed by atoms with van der Waals surface area (Å²) >= 11 is 0. The quantitative estimate of drug-likeness (QED) is 0.703. The minimum Gasteiger partial charge on any atom is -0.324 e. The molecule has 1 unspecified atom stereocenters. The van der Waals surface area contributed by atoms with Crippen molar-refractivity contribution < 1.29 is 4.79 Å². The molecular formula is C21H20N4O2. The van der Waals surface area contributed by atoms with Gasteiger partial charge in [-0.15, -0.1) is 0 Å². The molecule has 1 aliphatic rings. The fraction of sp³-hybridized carbons (Fsp3) is 0.238. The number of nitrogens with zero attached hydrogens (tertiary/aromatic N) is 2. The first-order chi connectivity index (χ1) is 13.2. The molecule has 0 saturated heterocycles. The third-order valence-electron chi connectivity index (χ3n) is 4.92. The molecular weight excluding hydrogens is 340 g/mol. The van der Waals surface area contributed by atoms with Gasteiger partial charge in [0.2, 0.25) is 5.91 Å². The number of aromatic amines is 1. The maximum atomic E-state index is 12.6. The van der Waals surface area contributed by atoms with Crippen LogP contribution in [0, 0.1) is 5.92 Å². The molecule has 6 nitrogen and oxygen atoms in total. The topological polar surface area (TPSA) is 87.7 Å². The molecule has 0 spiro atoms. The molecule has 2 aromatic heterocycles. The van der Waals surface area contributed by atoms with Gasteiger partial charge >= 0.3 is 0 Å². The lowest BCUT2D eigenvalue weighted by atomic mass is 9.99. The van der Waals surface area contributed by atoms with Gasteiger partial charge in [0.25, 0.3) is 5.56 Å². The standard InChI is InChI=1S/C21H20N4O2/c26-20(23-16-7-4-12-22-13-16)15-8-10-17-18(11-9-15)24-19(25-21(17)27)14-5-2-1-3-6-14/h1-7,12-13,15H,8-11H2,(H,23,26)(H,24,25,27). The summed E-state index contributed by atoms with van der Waals surface area (Å²) in [5.74, 6) is 0.395. The molecule has 0 radical (unpaired) electrons. The van der Waals surface area contributed by atoms with Crippen LogP contribution in [0.1, 0.15) is 24.1 Å². The number of carbonyl (C=O) groups is 1. The van der Waals surface area contributed by atoms with E-state index in [0.29, 0.717) is 42.8 Å². The SMILES string of the molecule is O=C(Nc1cccnc1)C1CCc2nc(-c3ccccc3)[nH]c(=O)c2CC1.